The van der Waals surface area contributed by atoms with E-state index in [9.17, 15) is 9.59 Å². The van der Waals surface area contributed by atoms with Gasteiger partial charge in [0.05, 0.1) is 6.42 Å². The maximum atomic E-state index is 12.1. The maximum absolute atomic E-state index is 12.1. The predicted octanol–water partition coefficient (Wildman–Crippen LogP) is 3.78. The second kappa shape index (κ2) is 9.47. The maximum Gasteiger partial charge on any atom is 0.410 e. The number of rotatable bonds is 7. The van der Waals surface area contributed by atoms with Gasteiger partial charge in [-0.05, 0) is 18.1 Å². The van der Waals surface area contributed by atoms with Crippen molar-refractivity contribution < 1.29 is 19.1 Å². The average molecular weight is 341 g/mol. The zero-order chi connectivity index (χ0) is 18.1. The Hall–Kier alpha value is -2.82. The molecule has 2 rings (SSSR count). The number of nitrogens with zero attached hydrogens (tertiary/aromatic N) is 1. The van der Waals surface area contributed by atoms with Crippen LogP contribution in [0.1, 0.15) is 24.5 Å². The Labute approximate surface area is 148 Å². The molecular formula is C20H23NO4. The first-order valence-corrected chi connectivity index (χ1v) is 8.19. The third-order valence-corrected chi connectivity index (χ3v) is 3.86. The molecule has 25 heavy (non-hydrogen) atoms. The summed E-state index contributed by atoms with van der Waals surface area (Å²) in [6.45, 7) is 2.22. The number of carbonyl (C=O) groups excluding carboxylic acids is 2. The van der Waals surface area contributed by atoms with Crippen molar-refractivity contribution in [1.29, 1.82) is 0 Å². The van der Waals surface area contributed by atoms with Crippen LogP contribution in [0.4, 0.5) is 4.79 Å². The second-order valence-corrected chi connectivity index (χ2v) is 5.85. The zero-order valence-electron chi connectivity index (χ0n) is 14.6. The van der Waals surface area contributed by atoms with E-state index >= 15 is 0 Å². The monoisotopic (exact) mass is 341 g/mol. The first-order valence-electron chi connectivity index (χ1n) is 8.19. The van der Waals surface area contributed by atoms with Crippen LogP contribution in [0, 0.1) is 0 Å². The first-order chi connectivity index (χ1) is 12.1. The summed E-state index contributed by atoms with van der Waals surface area (Å²) in [6.07, 6.45) is -0.351. The van der Waals surface area contributed by atoms with E-state index < -0.39 is 6.09 Å². The Kier molecular flexibility index (Phi) is 7.01. The molecule has 0 saturated carbocycles. The second-order valence-electron chi connectivity index (χ2n) is 5.85. The van der Waals surface area contributed by atoms with Crippen molar-refractivity contribution in [3.63, 3.8) is 0 Å². The van der Waals surface area contributed by atoms with Crippen molar-refractivity contribution in [3.05, 3.63) is 71.8 Å². The van der Waals surface area contributed by atoms with Crippen LogP contribution in [-0.4, -0.2) is 30.1 Å². The van der Waals surface area contributed by atoms with Gasteiger partial charge in [-0.1, -0.05) is 60.7 Å². The van der Waals surface area contributed by atoms with E-state index in [0.29, 0.717) is 0 Å². The molecule has 0 spiro atoms. The summed E-state index contributed by atoms with van der Waals surface area (Å²) in [7, 11) is 1.61. The molecule has 2 aromatic rings. The van der Waals surface area contributed by atoms with Crippen LogP contribution < -0.4 is 0 Å². The highest BCUT2D eigenvalue weighted by atomic mass is 16.6. The minimum atomic E-state index is -0.466. The number of esters is 1. The van der Waals surface area contributed by atoms with Gasteiger partial charge in [0.2, 0.25) is 0 Å². The van der Waals surface area contributed by atoms with E-state index in [0.717, 1.165) is 11.1 Å². The van der Waals surface area contributed by atoms with Gasteiger partial charge in [-0.3, -0.25) is 4.79 Å². The Morgan fingerprint density at radius 1 is 0.880 bits per heavy atom. The van der Waals surface area contributed by atoms with Gasteiger partial charge in [0, 0.05) is 13.1 Å². The largest absolute Gasteiger partial charge is 0.461 e. The summed E-state index contributed by atoms with van der Waals surface area (Å²) in [5.74, 6) is -0.348. The fourth-order valence-electron chi connectivity index (χ4n) is 2.18. The molecule has 5 heteroatoms. The normalized spacial score (nSPS) is 11.4. The summed E-state index contributed by atoms with van der Waals surface area (Å²) in [5.41, 5.74) is 1.85. The lowest BCUT2D eigenvalue weighted by atomic mass is 10.2. The highest BCUT2D eigenvalue weighted by molar-refractivity contribution is 5.72. The van der Waals surface area contributed by atoms with Crippen molar-refractivity contribution in [1.82, 2.24) is 4.90 Å². The van der Waals surface area contributed by atoms with Crippen LogP contribution >= 0.6 is 0 Å². The SMILES string of the molecule is C[C@@H](CC(=O)OCc1ccccc1)N(C)C(=O)OCc1ccccc1. The molecule has 0 saturated heterocycles. The highest BCUT2D eigenvalue weighted by Crippen LogP contribution is 2.09. The molecule has 0 aliphatic carbocycles. The molecule has 0 bridgehead atoms. The van der Waals surface area contributed by atoms with Crippen LogP contribution in [0.5, 0.6) is 0 Å². The van der Waals surface area contributed by atoms with E-state index in [1.165, 1.54) is 4.90 Å². The van der Waals surface area contributed by atoms with E-state index in [2.05, 4.69) is 0 Å². The Bertz CT molecular complexity index is 673. The summed E-state index contributed by atoms with van der Waals surface area (Å²) in [6, 6.07) is 18.6. The Morgan fingerprint density at radius 2 is 1.36 bits per heavy atom. The molecule has 0 fully saturated rings. The minimum Gasteiger partial charge on any atom is -0.461 e. The number of ether oxygens (including phenoxy) is 2. The lowest BCUT2D eigenvalue weighted by Crippen LogP contribution is -2.37. The first kappa shape index (κ1) is 18.5. The van der Waals surface area contributed by atoms with Crippen molar-refractivity contribution in [2.24, 2.45) is 0 Å². The van der Waals surface area contributed by atoms with Gasteiger partial charge in [-0.2, -0.15) is 0 Å². The number of benzene rings is 2. The molecule has 1 amide bonds. The molecule has 0 heterocycles. The highest BCUT2D eigenvalue weighted by Gasteiger charge is 2.20. The molecule has 0 unspecified atom stereocenters. The number of carbonyl (C=O) groups is 2. The third-order valence-electron chi connectivity index (χ3n) is 3.86. The minimum absolute atomic E-state index is 0.115. The van der Waals surface area contributed by atoms with Gasteiger partial charge < -0.3 is 14.4 Å². The van der Waals surface area contributed by atoms with Crippen molar-refractivity contribution >= 4 is 12.1 Å². The topological polar surface area (TPSA) is 55.8 Å². The molecular weight excluding hydrogens is 318 g/mol. The smallest absolute Gasteiger partial charge is 0.410 e. The molecule has 0 radical (unpaired) electrons. The van der Waals surface area contributed by atoms with E-state index in [4.69, 9.17) is 9.47 Å². The van der Waals surface area contributed by atoms with E-state index in [1.54, 1.807) is 14.0 Å². The van der Waals surface area contributed by atoms with Gasteiger partial charge >= 0.3 is 12.1 Å². The van der Waals surface area contributed by atoms with E-state index in [-0.39, 0.29) is 31.6 Å². The molecule has 0 aromatic heterocycles. The summed E-state index contributed by atoms with van der Waals surface area (Å²) in [4.78, 5) is 25.4. The molecule has 0 aliphatic heterocycles. The fraction of sp³-hybridized carbons (Fsp3) is 0.300. The quantitative estimate of drug-likeness (QED) is 0.719. The molecule has 0 aliphatic rings. The van der Waals surface area contributed by atoms with Gasteiger partial charge in [-0.15, -0.1) is 0 Å². The predicted molar refractivity (Wildman–Crippen MR) is 94.7 cm³/mol. The summed E-state index contributed by atoms with van der Waals surface area (Å²) in [5, 5.41) is 0. The summed E-state index contributed by atoms with van der Waals surface area (Å²) < 4.78 is 10.5. The summed E-state index contributed by atoms with van der Waals surface area (Å²) >= 11 is 0. The van der Waals surface area contributed by atoms with Gasteiger partial charge in [0.15, 0.2) is 0 Å². The third kappa shape index (κ3) is 6.30. The molecule has 0 N–H and O–H groups in total. The molecule has 5 nitrogen and oxygen atoms in total. The number of amides is 1. The van der Waals surface area contributed by atoms with Crippen LogP contribution in [0.2, 0.25) is 0 Å². The average Bonchev–Trinajstić information content (AvgIpc) is 2.65. The van der Waals surface area contributed by atoms with Crippen LogP contribution in [0.3, 0.4) is 0 Å². The van der Waals surface area contributed by atoms with Gasteiger partial charge in [0.1, 0.15) is 13.2 Å². The Morgan fingerprint density at radius 3 is 1.88 bits per heavy atom. The Balaban J connectivity index is 1.73. The molecule has 2 aromatic carbocycles. The molecule has 132 valence electrons. The lowest BCUT2D eigenvalue weighted by Gasteiger charge is -2.23. The van der Waals surface area contributed by atoms with Crippen LogP contribution in [0.25, 0.3) is 0 Å². The zero-order valence-corrected chi connectivity index (χ0v) is 14.6. The van der Waals surface area contributed by atoms with Gasteiger partial charge in [0.25, 0.3) is 0 Å². The fourth-order valence-corrected chi connectivity index (χ4v) is 2.18. The van der Waals surface area contributed by atoms with Crippen molar-refractivity contribution in [2.45, 2.75) is 32.6 Å². The van der Waals surface area contributed by atoms with Crippen molar-refractivity contribution in [3.8, 4) is 0 Å². The lowest BCUT2D eigenvalue weighted by molar-refractivity contribution is -0.146. The van der Waals surface area contributed by atoms with Crippen LogP contribution in [0.15, 0.2) is 60.7 Å². The van der Waals surface area contributed by atoms with Crippen LogP contribution in [-0.2, 0) is 27.5 Å². The van der Waals surface area contributed by atoms with Crippen molar-refractivity contribution in [2.75, 3.05) is 7.05 Å². The van der Waals surface area contributed by atoms with Gasteiger partial charge in [-0.25, -0.2) is 4.79 Å². The standard InChI is InChI=1S/C20H23NO4/c1-16(13-19(22)24-14-17-9-5-3-6-10-17)21(2)20(23)25-15-18-11-7-4-8-12-18/h3-12,16H,13-15H2,1-2H3/t16-/m0/s1. The number of hydrogen-bond acceptors (Lipinski definition) is 4. The number of hydrogen-bond donors (Lipinski definition) is 0. The van der Waals surface area contributed by atoms with E-state index in [1.807, 2.05) is 60.7 Å². The molecule has 1 atom stereocenters.